The fraction of sp³-hybridized carbons (Fsp3) is 0.273. The van der Waals surface area contributed by atoms with Crippen molar-refractivity contribution in [2.45, 2.75) is 33.5 Å². The third-order valence-corrected chi connectivity index (χ3v) is 4.58. The highest BCUT2D eigenvalue weighted by atomic mass is 16.3. The molecule has 0 aliphatic carbocycles. The van der Waals surface area contributed by atoms with Crippen LogP contribution >= 0.6 is 0 Å². The van der Waals surface area contributed by atoms with Gasteiger partial charge in [0.05, 0.1) is 0 Å². The minimum absolute atomic E-state index is 0.306. The van der Waals surface area contributed by atoms with E-state index >= 15 is 0 Å². The Bertz CT molecular complexity index is 1250. The summed E-state index contributed by atoms with van der Waals surface area (Å²) in [5.74, 6) is -0.803. The lowest BCUT2D eigenvalue weighted by Gasteiger charge is -2.06. The Hall–Kier alpha value is -2.68. The summed E-state index contributed by atoms with van der Waals surface area (Å²) in [5.41, 5.74) is 6.07. The Labute approximate surface area is 153 Å². The molecule has 1 aromatic carbocycles. The van der Waals surface area contributed by atoms with Gasteiger partial charge in [-0.2, -0.15) is 0 Å². The number of nitrogens with zero attached hydrogens (tertiary/aromatic N) is 2. The lowest BCUT2D eigenvalue weighted by molar-refractivity contribution is -0.660. The first kappa shape index (κ1) is 11.8. The van der Waals surface area contributed by atoms with Gasteiger partial charge in [-0.15, -0.1) is 0 Å². The van der Waals surface area contributed by atoms with Gasteiger partial charge < -0.3 is 4.42 Å². The van der Waals surface area contributed by atoms with E-state index in [9.17, 15) is 0 Å². The Kier molecular flexibility index (Phi) is 2.69. The Morgan fingerprint density at radius 3 is 2.72 bits per heavy atom. The second-order valence-corrected chi connectivity index (χ2v) is 6.72. The van der Waals surface area contributed by atoms with E-state index in [1.807, 2.05) is 62.7 Å². The van der Waals surface area contributed by atoms with E-state index in [4.69, 9.17) is 14.9 Å². The van der Waals surface area contributed by atoms with Crippen molar-refractivity contribution in [3.63, 3.8) is 0 Å². The largest absolute Gasteiger partial charge is 0.454 e. The van der Waals surface area contributed by atoms with Crippen LogP contribution in [0.1, 0.15) is 42.0 Å². The highest BCUT2D eigenvalue weighted by Crippen LogP contribution is 2.33. The van der Waals surface area contributed by atoms with E-state index in [-0.39, 0.29) is 0 Å². The predicted octanol–water partition coefficient (Wildman–Crippen LogP) is 5.21. The van der Waals surface area contributed by atoms with E-state index in [2.05, 4.69) is 0 Å². The fourth-order valence-electron chi connectivity index (χ4n) is 3.23. The smallest absolute Gasteiger partial charge is 0.212 e. The van der Waals surface area contributed by atoms with Crippen LogP contribution in [0, 0.1) is 13.8 Å². The van der Waals surface area contributed by atoms with Crippen LogP contribution in [0.3, 0.4) is 0 Å². The number of benzene rings is 1. The van der Waals surface area contributed by atoms with Gasteiger partial charge in [0.25, 0.3) is 0 Å². The van der Waals surface area contributed by atoms with Crippen LogP contribution in [0.2, 0.25) is 0 Å². The number of aryl methyl sites for hydroxylation is 3. The van der Waals surface area contributed by atoms with Crippen LogP contribution in [0.5, 0.6) is 0 Å². The lowest BCUT2D eigenvalue weighted by atomic mass is 10.0. The molecule has 0 spiro atoms. The van der Waals surface area contributed by atoms with Gasteiger partial charge in [-0.25, -0.2) is 9.55 Å². The monoisotopic (exact) mass is 335 g/mol. The number of hydrogen-bond donors (Lipinski definition) is 0. The van der Waals surface area contributed by atoms with Crippen LogP contribution in [0.25, 0.3) is 33.3 Å². The average molecular weight is 335 g/mol. The van der Waals surface area contributed by atoms with E-state index in [0.717, 1.165) is 33.3 Å². The number of rotatable bonds is 2. The van der Waals surface area contributed by atoms with Crippen molar-refractivity contribution in [2.24, 2.45) is 7.05 Å². The molecule has 0 radical (unpaired) electrons. The van der Waals surface area contributed by atoms with Crippen LogP contribution in [-0.2, 0) is 7.05 Å². The van der Waals surface area contributed by atoms with Crippen molar-refractivity contribution in [2.75, 3.05) is 0 Å². The van der Waals surface area contributed by atoms with Crippen molar-refractivity contribution in [1.29, 1.82) is 0 Å². The van der Waals surface area contributed by atoms with E-state index in [1.54, 1.807) is 12.3 Å². The van der Waals surface area contributed by atoms with Gasteiger partial charge in [-0.1, -0.05) is 13.8 Å². The molecule has 3 aromatic heterocycles. The molecule has 0 unspecified atom stereocenters. The average Bonchev–Trinajstić information content (AvgIpc) is 2.96. The van der Waals surface area contributed by atoms with Crippen molar-refractivity contribution < 1.29 is 14.5 Å². The second kappa shape index (κ2) is 5.69. The number of pyridine rings is 2. The van der Waals surface area contributed by atoms with Gasteiger partial charge in [0.15, 0.2) is 11.8 Å². The number of furan rings is 1. The Balaban J connectivity index is 1.94. The van der Waals surface area contributed by atoms with Crippen molar-refractivity contribution in [1.82, 2.24) is 4.98 Å². The van der Waals surface area contributed by atoms with Crippen molar-refractivity contribution in [3.05, 3.63) is 59.4 Å². The molecule has 0 aliphatic rings. The predicted molar refractivity (Wildman–Crippen MR) is 102 cm³/mol. The molecule has 0 atom stereocenters. The highest BCUT2D eigenvalue weighted by molar-refractivity contribution is 6.04. The van der Waals surface area contributed by atoms with Crippen molar-refractivity contribution in [3.8, 4) is 11.3 Å². The first-order valence-electron chi connectivity index (χ1n) is 10.3. The topological polar surface area (TPSA) is 29.9 Å². The zero-order valence-corrected chi connectivity index (χ0v) is 14.8. The SMILES string of the molecule is [2H]C([2H])([2H])c1ccc(-c2cc3c(cc2C)oc2ccc(C([2H])(C)C)nc23)[n+](C)c1. The van der Waals surface area contributed by atoms with Crippen LogP contribution < -0.4 is 4.57 Å². The second-order valence-electron chi connectivity index (χ2n) is 6.72. The van der Waals surface area contributed by atoms with Gasteiger partial charge in [0, 0.05) is 33.8 Å². The molecule has 3 heteroatoms. The van der Waals surface area contributed by atoms with E-state index < -0.39 is 12.7 Å². The van der Waals surface area contributed by atoms with Crippen LogP contribution in [0.15, 0.2) is 47.0 Å². The first-order valence-corrected chi connectivity index (χ1v) is 8.30. The summed E-state index contributed by atoms with van der Waals surface area (Å²) in [6.45, 7) is 3.49. The molecule has 0 N–H and O–H groups in total. The van der Waals surface area contributed by atoms with E-state index in [0.29, 0.717) is 16.8 Å². The zero-order valence-electron chi connectivity index (χ0n) is 18.8. The van der Waals surface area contributed by atoms with Crippen molar-refractivity contribution >= 4 is 22.1 Å². The molecule has 0 fully saturated rings. The lowest BCUT2D eigenvalue weighted by Crippen LogP contribution is -2.31. The molecule has 126 valence electrons. The first-order chi connectivity index (χ1) is 13.4. The van der Waals surface area contributed by atoms with Gasteiger partial charge in [0.1, 0.15) is 18.1 Å². The summed E-state index contributed by atoms with van der Waals surface area (Å²) in [7, 11) is 1.85. The van der Waals surface area contributed by atoms with Gasteiger partial charge >= 0.3 is 0 Å². The maximum Gasteiger partial charge on any atom is 0.212 e. The Morgan fingerprint density at radius 1 is 1.16 bits per heavy atom. The summed E-state index contributed by atoms with van der Waals surface area (Å²) >= 11 is 0. The molecule has 0 bridgehead atoms. The summed E-state index contributed by atoms with van der Waals surface area (Å²) < 4.78 is 39.0. The molecule has 3 heterocycles. The third-order valence-electron chi connectivity index (χ3n) is 4.58. The fourth-order valence-corrected chi connectivity index (χ4v) is 3.23. The number of hydrogen-bond acceptors (Lipinski definition) is 2. The molecule has 0 saturated carbocycles. The third kappa shape index (κ3) is 2.60. The van der Waals surface area contributed by atoms with Crippen LogP contribution in [0.4, 0.5) is 0 Å². The molecule has 4 rings (SSSR count). The zero-order chi connectivity index (χ0) is 21.1. The maximum atomic E-state index is 8.28. The quantitative estimate of drug-likeness (QED) is 0.471. The minimum Gasteiger partial charge on any atom is -0.454 e. The molecule has 0 amide bonds. The molecule has 0 aliphatic heterocycles. The van der Waals surface area contributed by atoms with Gasteiger partial charge in [0.2, 0.25) is 5.69 Å². The summed E-state index contributed by atoms with van der Waals surface area (Å²) in [6.07, 6.45) is 1.65. The summed E-state index contributed by atoms with van der Waals surface area (Å²) in [4.78, 5) is 4.71. The maximum absolute atomic E-state index is 8.28. The molecule has 3 nitrogen and oxygen atoms in total. The summed E-state index contributed by atoms with van der Waals surface area (Å²) in [5, 5.41) is 0.881. The number of fused-ring (bicyclic) bond motifs is 3. The molecular formula is C22H23N2O+. The molecule has 4 aromatic rings. The minimum atomic E-state index is -2.14. The molecule has 0 saturated heterocycles. The van der Waals surface area contributed by atoms with Crippen LogP contribution in [-0.4, -0.2) is 4.98 Å². The molecular weight excluding hydrogens is 308 g/mol. The van der Waals surface area contributed by atoms with Gasteiger partial charge in [-0.05, 0) is 55.6 Å². The van der Waals surface area contributed by atoms with E-state index in [1.165, 1.54) is 0 Å². The summed E-state index contributed by atoms with van der Waals surface area (Å²) in [6, 6.07) is 11.2. The normalized spacial score (nSPS) is 15.0. The molecule has 25 heavy (non-hydrogen) atoms. The number of aromatic nitrogens is 2. The highest BCUT2D eigenvalue weighted by Gasteiger charge is 2.17. The van der Waals surface area contributed by atoms with Gasteiger partial charge in [-0.3, -0.25) is 0 Å². The Morgan fingerprint density at radius 2 is 2.00 bits per heavy atom. The standard InChI is InChI=1S/C22H23N2O/c1-13(2)18-7-9-20-22(23-18)17-11-16(15(4)10-21(17)25-20)19-8-6-14(3)12-24(19)5/h6-13H,1-5H3/q+1/i3D3,13D.